The molecule has 0 unspecified atom stereocenters. The highest BCUT2D eigenvalue weighted by molar-refractivity contribution is 5.65. The Hall–Kier alpha value is -2.43. The van der Waals surface area contributed by atoms with Crippen molar-refractivity contribution in [2.45, 2.75) is 13.5 Å². The maximum atomic E-state index is 10.9. The third-order valence-corrected chi connectivity index (χ3v) is 2.62. The Balaban J connectivity index is 2.21. The molecule has 0 bridgehead atoms. The molecule has 5 heteroatoms. The molecule has 0 saturated heterocycles. The van der Waals surface area contributed by atoms with Gasteiger partial charge in [-0.1, -0.05) is 18.2 Å². The van der Waals surface area contributed by atoms with Gasteiger partial charge in [-0.05, 0) is 24.6 Å². The van der Waals surface area contributed by atoms with E-state index in [0.29, 0.717) is 12.2 Å². The summed E-state index contributed by atoms with van der Waals surface area (Å²) >= 11 is 0. The number of aryl methyl sites for hydroxylation is 1. The molecule has 5 nitrogen and oxygen atoms in total. The fourth-order valence-corrected chi connectivity index (χ4v) is 1.72. The van der Waals surface area contributed by atoms with E-state index in [1.54, 1.807) is 12.3 Å². The number of hydrogen-bond donors (Lipinski definition) is 1. The van der Waals surface area contributed by atoms with Gasteiger partial charge in [0.2, 0.25) is 0 Å². The summed E-state index contributed by atoms with van der Waals surface area (Å²) in [5.74, 6) is 0. The number of pyridine rings is 1. The van der Waals surface area contributed by atoms with Crippen molar-refractivity contribution in [3.63, 3.8) is 0 Å². The first-order chi connectivity index (χ1) is 8.68. The van der Waals surface area contributed by atoms with Gasteiger partial charge >= 0.3 is 0 Å². The number of para-hydroxylation sites is 1. The lowest BCUT2D eigenvalue weighted by atomic mass is 10.1. The van der Waals surface area contributed by atoms with Gasteiger partial charge < -0.3 is 5.32 Å². The molecule has 1 N–H and O–H groups in total. The average molecular weight is 243 g/mol. The van der Waals surface area contributed by atoms with E-state index in [1.165, 1.54) is 6.07 Å². The first kappa shape index (κ1) is 12.0. The zero-order valence-corrected chi connectivity index (χ0v) is 9.96. The molecule has 18 heavy (non-hydrogen) atoms. The molecule has 0 spiro atoms. The molecule has 2 aromatic rings. The SMILES string of the molecule is Cc1cccc([N+](=O)[O-])c1NCc1ccccn1. The van der Waals surface area contributed by atoms with Gasteiger partial charge in [-0.15, -0.1) is 0 Å². The lowest BCUT2D eigenvalue weighted by Crippen LogP contribution is -2.05. The van der Waals surface area contributed by atoms with Crippen LogP contribution in [0.15, 0.2) is 42.6 Å². The first-order valence-electron chi connectivity index (χ1n) is 5.56. The fraction of sp³-hybridized carbons (Fsp3) is 0.154. The molecule has 0 radical (unpaired) electrons. The minimum absolute atomic E-state index is 0.0888. The molecule has 92 valence electrons. The summed E-state index contributed by atoms with van der Waals surface area (Å²) in [5.41, 5.74) is 2.33. The summed E-state index contributed by atoms with van der Waals surface area (Å²) in [4.78, 5) is 14.7. The van der Waals surface area contributed by atoms with Gasteiger partial charge in [0.15, 0.2) is 0 Å². The molecular weight excluding hydrogens is 230 g/mol. The second kappa shape index (κ2) is 5.27. The van der Waals surface area contributed by atoms with Crippen LogP contribution in [0.3, 0.4) is 0 Å². The number of benzene rings is 1. The van der Waals surface area contributed by atoms with E-state index >= 15 is 0 Å². The molecule has 1 aromatic carbocycles. The number of hydrogen-bond acceptors (Lipinski definition) is 4. The Morgan fingerprint density at radius 1 is 1.28 bits per heavy atom. The second-order valence-electron chi connectivity index (χ2n) is 3.90. The number of nitrogens with zero attached hydrogens (tertiary/aromatic N) is 2. The number of nitro groups is 1. The number of nitrogens with one attached hydrogen (secondary N) is 1. The number of rotatable bonds is 4. The minimum atomic E-state index is -0.381. The summed E-state index contributed by atoms with van der Waals surface area (Å²) in [6.45, 7) is 2.31. The van der Waals surface area contributed by atoms with Crippen LogP contribution in [0, 0.1) is 17.0 Å². The van der Waals surface area contributed by atoms with Crippen molar-refractivity contribution in [3.8, 4) is 0 Å². The highest BCUT2D eigenvalue weighted by atomic mass is 16.6. The number of nitro benzene ring substituents is 1. The van der Waals surface area contributed by atoms with Crippen molar-refractivity contribution in [1.29, 1.82) is 0 Å². The molecule has 0 saturated carbocycles. The van der Waals surface area contributed by atoms with Gasteiger partial charge in [0.05, 0.1) is 17.2 Å². The molecule has 0 aliphatic carbocycles. The molecule has 0 fully saturated rings. The first-order valence-corrected chi connectivity index (χ1v) is 5.56. The maximum absolute atomic E-state index is 10.9. The van der Waals surface area contributed by atoms with Crippen LogP contribution >= 0.6 is 0 Å². The highest BCUT2D eigenvalue weighted by Crippen LogP contribution is 2.27. The van der Waals surface area contributed by atoms with Crippen LogP contribution in [0.4, 0.5) is 11.4 Å². The van der Waals surface area contributed by atoms with Gasteiger partial charge in [-0.2, -0.15) is 0 Å². The summed E-state index contributed by atoms with van der Waals surface area (Å²) in [6, 6.07) is 10.6. The van der Waals surface area contributed by atoms with Crippen LogP contribution in [0.1, 0.15) is 11.3 Å². The number of aromatic nitrogens is 1. The van der Waals surface area contributed by atoms with E-state index in [2.05, 4.69) is 10.3 Å². The van der Waals surface area contributed by atoms with Crippen molar-refractivity contribution >= 4 is 11.4 Å². The quantitative estimate of drug-likeness (QED) is 0.662. The van der Waals surface area contributed by atoms with Crippen LogP contribution in [0.25, 0.3) is 0 Å². The Kier molecular flexibility index (Phi) is 3.52. The summed E-state index contributed by atoms with van der Waals surface area (Å²) in [5, 5.41) is 14.0. The van der Waals surface area contributed by atoms with E-state index in [1.807, 2.05) is 31.2 Å². The van der Waals surface area contributed by atoms with Crippen LogP contribution in [0.5, 0.6) is 0 Å². The standard InChI is InChI=1S/C13H13N3O2/c1-10-5-4-7-12(16(17)18)13(10)15-9-11-6-2-3-8-14-11/h2-8,15H,9H2,1H3. The van der Waals surface area contributed by atoms with Crippen LogP contribution in [0.2, 0.25) is 0 Å². The van der Waals surface area contributed by atoms with Gasteiger partial charge in [0, 0.05) is 12.3 Å². The minimum Gasteiger partial charge on any atom is -0.374 e. The van der Waals surface area contributed by atoms with Crippen molar-refractivity contribution < 1.29 is 4.92 Å². The van der Waals surface area contributed by atoms with Crippen molar-refractivity contribution in [1.82, 2.24) is 4.98 Å². The summed E-state index contributed by atoms with van der Waals surface area (Å²) < 4.78 is 0. The predicted molar refractivity (Wildman–Crippen MR) is 69.4 cm³/mol. The molecule has 1 aromatic heterocycles. The smallest absolute Gasteiger partial charge is 0.292 e. The molecular formula is C13H13N3O2. The monoisotopic (exact) mass is 243 g/mol. The van der Waals surface area contributed by atoms with Gasteiger partial charge in [0.25, 0.3) is 5.69 Å². The normalized spacial score (nSPS) is 10.1. The Bertz CT molecular complexity index is 555. The van der Waals surface area contributed by atoms with E-state index in [0.717, 1.165) is 11.3 Å². The largest absolute Gasteiger partial charge is 0.374 e. The Morgan fingerprint density at radius 2 is 2.11 bits per heavy atom. The van der Waals surface area contributed by atoms with E-state index < -0.39 is 0 Å². The van der Waals surface area contributed by atoms with Gasteiger partial charge in [-0.25, -0.2) is 0 Å². The van der Waals surface area contributed by atoms with Crippen LogP contribution in [-0.2, 0) is 6.54 Å². The van der Waals surface area contributed by atoms with E-state index in [4.69, 9.17) is 0 Å². The Morgan fingerprint density at radius 3 is 2.78 bits per heavy atom. The summed E-state index contributed by atoms with van der Waals surface area (Å²) in [6.07, 6.45) is 1.70. The zero-order valence-electron chi connectivity index (χ0n) is 9.96. The lowest BCUT2D eigenvalue weighted by molar-refractivity contribution is -0.384. The Labute approximate surface area is 105 Å². The zero-order chi connectivity index (χ0) is 13.0. The topological polar surface area (TPSA) is 68.1 Å². The van der Waals surface area contributed by atoms with Crippen molar-refractivity contribution in [2.75, 3.05) is 5.32 Å². The average Bonchev–Trinajstić information content (AvgIpc) is 2.38. The van der Waals surface area contributed by atoms with Gasteiger partial charge in [-0.3, -0.25) is 15.1 Å². The molecule has 0 aliphatic heterocycles. The third-order valence-electron chi connectivity index (χ3n) is 2.62. The van der Waals surface area contributed by atoms with Crippen LogP contribution in [-0.4, -0.2) is 9.91 Å². The van der Waals surface area contributed by atoms with Gasteiger partial charge in [0.1, 0.15) is 5.69 Å². The van der Waals surface area contributed by atoms with Crippen molar-refractivity contribution in [2.24, 2.45) is 0 Å². The van der Waals surface area contributed by atoms with E-state index in [-0.39, 0.29) is 10.6 Å². The van der Waals surface area contributed by atoms with E-state index in [9.17, 15) is 10.1 Å². The molecule has 0 atom stereocenters. The third kappa shape index (κ3) is 2.63. The molecule has 0 aliphatic rings. The number of anilines is 1. The highest BCUT2D eigenvalue weighted by Gasteiger charge is 2.14. The molecule has 0 amide bonds. The summed E-state index contributed by atoms with van der Waals surface area (Å²) in [7, 11) is 0. The lowest BCUT2D eigenvalue weighted by Gasteiger charge is -2.09. The second-order valence-corrected chi connectivity index (χ2v) is 3.90. The molecule has 2 rings (SSSR count). The predicted octanol–water partition coefficient (Wildman–Crippen LogP) is 2.91. The van der Waals surface area contributed by atoms with Crippen molar-refractivity contribution in [3.05, 3.63) is 64.0 Å². The maximum Gasteiger partial charge on any atom is 0.292 e. The molecule has 1 heterocycles. The fourth-order valence-electron chi connectivity index (χ4n) is 1.72. The van der Waals surface area contributed by atoms with Crippen LogP contribution < -0.4 is 5.32 Å².